The maximum absolute atomic E-state index is 13.3. The predicted molar refractivity (Wildman–Crippen MR) is 59.3 cm³/mol. The molecule has 6 heteroatoms. The van der Waals surface area contributed by atoms with E-state index < -0.39 is 32.1 Å². The van der Waals surface area contributed by atoms with Gasteiger partial charge in [-0.25, -0.2) is 17.2 Å². The van der Waals surface area contributed by atoms with Crippen molar-refractivity contribution in [3.8, 4) is 0 Å². The molecule has 0 aliphatic heterocycles. The van der Waals surface area contributed by atoms with Gasteiger partial charge in [-0.1, -0.05) is 6.07 Å². The molecule has 1 aromatic carbocycles. The van der Waals surface area contributed by atoms with Crippen LogP contribution in [0.4, 0.5) is 8.78 Å². The van der Waals surface area contributed by atoms with Crippen LogP contribution < -0.4 is 0 Å². The van der Waals surface area contributed by atoms with Gasteiger partial charge < -0.3 is 0 Å². The van der Waals surface area contributed by atoms with Gasteiger partial charge in [-0.15, -0.1) is 11.6 Å². The van der Waals surface area contributed by atoms with Crippen molar-refractivity contribution >= 4 is 21.4 Å². The van der Waals surface area contributed by atoms with E-state index >= 15 is 0 Å². The number of sulfone groups is 1. The smallest absolute Gasteiger partial charge is 0.151 e. The van der Waals surface area contributed by atoms with E-state index in [-0.39, 0.29) is 5.56 Å². The molecule has 0 aliphatic rings. The first kappa shape index (κ1) is 13.4. The summed E-state index contributed by atoms with van der Waals surface area (Å²) in [5.41, 5.74) is -0.0130. The molecule has 2 unspecified atom stereocenters. The minimum Gasteiger partial charge on any atom is -0.229 e. The van der Waals surface area contributed by atoms with Crippen molar-refractivity contribution in [3.63, 3.8) is 0 Å². The number of benzene rings is 1. The zero-order valence-electron chi connectivity index (χ0n) is 8.75. The fraction of sp³-hybridized carbons (Fsp3) is 0.400. The van der Waals surface area contributed by atoms with Gasteiger partial charge in [0.15, 0.2) is 9.84 Å². The topological polar surface area (TPSA) is 34.1 Å². The van der Waals surface area contributed by atoms with Gasteiger partial charge in [0.05, 0.1) is 10.6 Å². The molecule has 0 radical (unpaired) electrons. The number of rotatable bonds is 3. The average Bonchev–Trinajstić information content (AvgIpc) is 2.14. The first-order valence-corrected chi connectivity index (χ1v) is 6.90. The van der Waals surface area contributed by atoms with Crippen LogP contribution in [0.5, 0.6) is 0 Å². The van der Waals surface area contributed by atoms with Crippen LogP contribution in [0, 0.1) is 11.6 Å². The maximum atomic E-state index is 13.3. The fourth-order valence-electron chi connectivity index (χ4n) is 1.20. The molecule has 0 spiro atoms. The van der Waals surface area contributed by atoms with Gasteiger partial charge in [0.25, 0.3) is 0 Å². The van der Waals surface area contributed by atoms with E-state index in [9.17, 15) is 17.2 Å². The van der Waals surface area contributed by atoms with Crippen molar-refractivity contribution in [1.82, 2.24) is 0 Å². The summed E-state index contributed by atoms with van der Waals surface area (Å²) < 4.78 is 48.5. The number of hydrogen-bond acceptors (Lipinski definition) is 2. The van der Waals surface area contributed by atoms with Crippen molar-refractivity contribution in [3.05, 3.63) is 35.4 Å². The van der Waals surface area contributed by atoms with Crippen LogP contribution in [-0.2, 0) is 9.84 Å². The molecule has 0 N–H and O–H groups in total. The highest BCUT2D eigenvalue weighted by molar-refractivity contribution is 7.91. The van der Waals surface area contributed by atoms with Crippen molar-refractivity contribution in [1.29, 1.82) is 0 Å². The minimum absolute atomic E-state index is 0.0130. The molecule has 0 saturated carbocycles. The van der Waals surface area contributed by atoms with Crippen LogP contribution in [0.2, 0.25) is 0 Å². The molecular formula is C10H11ClF2O2S. The maximum Gasteiger partial charge on any atom is 0.151 e. The highest BCUT2D eigenvalue weighted by atomic mass is 35.5. The Morgan fingerprint density at radius 1 is 1.31 bits per heavy atom. The molecule has 0 saturated heterocycles. The summed E-state index contributed by atoms with van der Waals surface area (Å²) in [7, 11) is -3.37. The van der Waals surface area contributed by atoms with E-state index in [0.29, 0.717) is 6.07 Å². The van der Waals surface area contributed by atoms with Gasteiger partial charge in [0, 0.05) is 17.9 Å². The molecule has 90 valence electrons. The third kappa shape index (κ3) is 2.92. The van der Waals surface area contributed by atoms with E-state index in [1.807, 2.05) is 0 Å². The lowest BCUT2D eigenvalue weighted by Gasteiger charge is -2.17. The first-order chi connectivity index (χ1) is 7.23. The Labute approximate surface area is 98.2 Å². The van der Waals surface area contributed by atoms with Crippen LogP contribution in [0.3, 0.4) is 0 Å². The number of hydrogen-bond donors (Lipinski definition) is 0. The van der Waals surface area contributed by atoms with Crippen molar-refractivity contribution in [2.75, 3.05) is 6.26 Å². The van der Waals surface area contributed by atoms with Crippen molar-refractivity contribution in [2.24, 2.45) is 0 Å². The second kappa shape index (κ2) is 4.67. The summed E-state index contributed by atoms with van der Waals surface area (Å²) in [5.74, 6) is -1.56. The molecule has 0 amide bonds. The van der Waals surface area contributed by atoms with Crippen LogP contribution in [0.25, 0.3) is 0 Å². The molecule has 0 bridgehead atoms. The summed E-state index contributed by atoms with van der Waals surface area (Å²) in [6.45, 7) is 1.38. The van der Waals surface area contributed by atoms with Gasteiger partial charge in [0.1, 0.15) is 11.6 Å². The Kier molecular flexibility index (Phi) is 3.91. The Morgan fingerprint density at radius 3 is 2.31 bits per heavy atom. The molecule has 0 fully saturated rings. The summed E-state index contributed by atoms with van der Waals surface area (Å²) >= 11 is 5.86. The van der Waals surface area contributed by atoms with Gasteiger partial charge in [-0.05, 0) is 13.0 Å². The molecule has 0 aliphatic carbocycles. The first-order valence-electron chi connectivity index (χ1n) is 4.51. The van der Waals surface area contributed by atoms with Crippen LogP contribution in [-0.4, -0.2) is 19.9 Å². The minimum atomic E-state index is -3.37. The number of alkyl halides is 1. The quantitative estimate of drug-likeness (QED) is 0.790. The van der Waals surface area contributed by atoms with Crippen LogP contribution in [0.15, 0.2) is 18.2 Å². The monoisotopic (exact) mass is 268 g/mol. The van der Waals surface area contributed by atoms with E-state index in [4.69, 9.17) is 11.6 Å². The van der Waals surface area contributed by atoms with Gasteiger partial charge in [0.2, 0.25) is 0 Å². The van der Waals surface area contributed by atoms with E-state index in [1.165, 1.54) is 6.92 Å². The summed E-state index contributed by atoms with van der Waals surface area (Å²) in [5, 5.41) is -1.97. The van der Waals surface area contributed by atoms with Gasteiger partial charge in [-0.2, -0.15) is 0 Å². The fourth-order valence-corrected chi connectivity index (χ4v) is 2.51. The lowest BCUT2D eigenvalue weighted by molar-refractivity contribution is 0.562. The molecular weight excluding hydrogens is 258 g/mol. The third-order valence-electron chi connectivity index (χ3n) is 2.35. The standard InChI is InChI=1S/C10H11ClF2O2S/c1-6(16(2,14)15)10(11)8-4-3-7(12)5-9(8)13/h3-6,10H,1-2H3. The summed E-state index contributed by atoms with van der Waals surface area (Å²) in [6.07, 6.45) is 1.02. The SMILES string of the molecule is CC(C(Cl)c1ccc(F)cc1F)S(C)(=O)=O. The van der Waals surface area contributed by atoms with E-state index in [2.05, 4.69) is 0 Å². The molecule has 16 heavy (non-hydrogen) atoms. The van der Waals surface area contributed by atoms with Gasteiger partial charge in [-0.3, -0.25) is 0 Å². The van der Waals surface area contributed by atoms with Crippen LogP contribution in [0.1, 0.15) is 17.9 Å². The van der Waals surface area contributed by atoms with Gasteiger partial charge >= 0.3 is 0 Å². The number of halogens is 3. The lowest BCUT2D eigenvalue weighted by atomic mass is 10.1. The van der Waals surface area contributed by atoms with Crippen molar-refractivity contribution in [2.45, 2.75) is 17.6 Å². The second-order valence-corrected chi connectivity index (χ2v) is 6.48. The molecule has 2 nitrogen and oxygen atoms in total. The Morgan fingerprint density at radius 2 is 1.88 bits per heavy atom. The highest BCUT2D eigenvalue weighted by Gasteiger charge is 2.27. The average molecular weight is 269 g/mol. The summed E-state index contributed by atoms with van der Waals surface area (Å²) in [4.78, 5) is 0. The van der Waals surface area contributed by atoms with Crippen LogP contribution >= 0.6 is 11.6 Å². The zero-order valence-corrected chi connectivity index (χ0v) is 10.3. The molecule has 0 aromatic heterocycles. The highest BCUT2D eigenvalue weighted by Crippen LogP contribution is 2.30. The molecule has 2 atom stereocenters. The summed E-state index contributed by atoms with van der Waals surface area (Å²) in [6, 6.07) is 2.88. The van der Waals surface area contributed by atoms with E-state index in [1.54, 1.807) is 0 Å². The Bertz CT molecular complexity index is 488. The predicted octanol–water partition coefficient (Wildman–Crippen LogP) is 2.68. The largest absolute Gasteiger partial charge is 0.229 e. The normalized spacial score (nSPS) is 15.8. The van der Waals surface area contributed by atoms with E-state index in [0.717, 1.165) is 18.4 Å². The second-order valence-electron chi connectivity index (χ2n) is 3.60. The Balaban J connectivity index is 3.10. The zero-order chi connectivity index (χ0) is 12.5. The molecule has 0 heterocycles. The van der Waals surface area contributed by atoms with Crippen molar-refractivity contribution < 1.29 is 17.2 Å². The molecule has 1 aromatic rings. The third-order valence-corrected chi connectivity index (χ3v) is 4.73. The lowest BCUT2D eigenvalue weighted by Crippen LogP contribution is -2.21. The molecule has 1 rings (SSSR count). The Hall–Kier alpha value is -0.680.